The second kappa shape index (κ2) is 4.70. The lowest BCUT2D eigenvalue weighted by Gasteiger charge is -2.26. The van der Waals surface area contributed by atoms with Gasteiger partial charge in [0.2, 0.25) is 6.29 Å². The zero-order valence-electron chi connectivity index (χ0n) is 10.1. The number of nitrogens with zero attached hydrogens (tertiary/aromatic N) is 2. The van der Waals surface area contributed by atoms with Crippen LogP contribution in [0, 0.1) is 5.82 Å². The number of hydrogen-bond donors (Lipinski definition) is 2. The van der Waals surface area contributed by atoms with Crippen molar-refractivity contribution in [2.75, 3.05) is 5.32 Å². The number of nitrogens with two attached hydrogens (primary N) is 1. The van der Waals surface area contributed by atoms with Crippen molar-refractivity contribution in [3.8, 4) is 0 Å². The van der Waals surface area contributed by atoms with Crippen LogP contribution in [0.15, 0.2) is 53.5 Å². The Morgan fingerprint density at radius 1 is 1.16 bits per heavy atom. The van der Waals surface area contributed by atoms with Crippen molar-refractivity contribution < 1.29 is 4.39 Å². The molecule has 2 aromatic carbocycles. The molecule has 96 valence electrons. The van der Waals surface area contributed by atoms with Crippen LogP contribution in [0.1, 0.15) is 0 Å². The van der Waals surface area contributed by atoms with E-state index in [-0.39, 0.29) is 5.82 Å². The molecule has 3 rings (SSSR count). The van der Waals surface area contributed by atoms with Crippen molar-refractivity contribution >= 4 is 11.9 Å². The molecule has 1 aliphatic rings. The first-order valence-electron chi connectivity index (χ1n) is 5.92. The highest BCUT2D eigenvalue weighted by Gasteiger charge is 2.14. The third-order valence-electron chi connectivity index (χ3n) is 2.89. The van der Waals surface area contributed by atoms with Crippen LogP contribution in [-0.4, -0.2) is 11.3 Å². The summed E-state index contributed by atoms with van der Waals surface area (Å²) in [5.74, 6) is 5.59. The molecular formula is C14H13FN4. The maximum atomic E-state index is 13.1. The zero-order chi connectivity index (χ0) is 13.2. The van der Waals surface area contributed by atoms with Crippen LogP contribution < -0.4 is 21.7 Å². The molecule has 0 fully saturated rings. The normalized spacial score (nSPS) is 17.2. The van der Waals surface area contributed by atoms with E-state index < -0.39 is 6.29 Å². The van der Waals surface area contributed by atoms with Gasteiger partial charge in [-0.1, -0.05) is 18.2 Å². The van der Waals surface area contributed by atoms with Gasteiger partial charge in [0.15, 0.2) is 0 Å². The van der Waals surface area contributed by atoms with Gasteiger partial charge in [0, 0.05) is 17.1 Å². The Labute approximate surface area is 109 Å². The van der Waals surface area contributed by atoms with Crippen LogP contribution >= 0.6 is 0 Å². The molecule has 2 aromatic rings. The Kier molecular flexibility index (Phi) is 2.89. The summed E-state index contributed by atoms with van der Waals surface area (Å²) in [6.45, 7) is 0. The second-order valence-electron chi connectivity index (χ2n) is 4.29. The van der Waals surface area contributed by atoms with Gasteiger partial charge in [0.1, 0.15) is 5.82 Å². The maximum absolute atomic E-state index is 13.1. The molecule has 0 aromatic heterocycles. The fourth-order valence-corrected chi connectivity index (χ4v) is 1.97. The van der Waals surface area contributed by atoms with Gasteiger partial charge in [-0.15, -0.1) is 0 Å². The van der Waals surface area contributed by atoms with Gasteiger partial charge in [0.05, 0.1) is 5.36 Å². The van der Waals surface area contributed by atoms with Gasteiger partial charge < -0.3 is 5.32 Å². The topological polar surface area (TPSA) is 53.6 Å². The molecule has 0 saturated heterocycles. The minimum Gasteiger partial charge on any atom is -0.346 e. The summed E-state index contributed by atoms with van der Waals surface area (Å²) in [6, 6.07) is 14.1. The SMILES string of the molecule is NN1C=c2cc(F)ccc2=NC1Nc1ccccc1. The number of rotatable bonds is 2. The molecule has 0 bridgehead atoms. The van der Waals surface area contributed by atoms with Crippen LogP contribution in [0.5, 0.6) is 0 Å². The van der Waals surface area contributed by atoms with Crippen molar-refractivity contribution in [3.05, 3.63) is 64.9 Å². The number of nitrogens with one attached hydrogen (secondary N) is 1. The lowest BCUT2D eigenvalue weighted by Crippen LogP contribution is -2.48. The average Bonchev–Trinajstić information content (AvgIpc) is 2.41. The van der Waals surface area contributed by atoms with Crippen LogP contribution in [0.2, 0.25) is 0 Å². The third kappa shape index (κ3) is 2.41. The van der Waals surface area contributed by atoms with Crippen molar-refractivity contribution in [1.29, 1.82) is 0 Å². The van der Waals surface area contributed by atoms with E-state index in [9.17, 15) is 4.39 Å². The van der Waals surface area contributed by atoms with E-state index in [1.165, 1.54) is 17.1 Å². The van der Waals surface area contributed by atoms with Crippen LogP contribution in [-0.2, 0) is 0 Å². The Morgan fingerprint density at radius 3 is 2.74 bits per heavy atom. The van der Waals surface area contributed by atoms with Gasteiger partial charge in [-0.2, -0.15) is 0 Å². The fraction of sp³-hybridized carbons (Fsp3) is 0.0714. The van der Waals surface area contributed by atoms with Gasteiger partial charge in [-0.05, 0) is 30.3 Å². The Hall–Kier alpha value is -2.40. The Balaban J connectivity index is 1.95. The minimum absolute atomic E-state index is 0.298. The molecular weight excluding hydrogens is 243 g/mol. The van der Waals surface area contributed by atoms with E-state index in [1.807, 2.05) is 30.3 Å². The lowest BCUT2D eigenvalue weighted by atomic mass is 10.2. The molecule has 1 unspecified atom stereocenters. The molecule has 1 heterocycles. The Morgan fingerprint density at radius 2 is 1.95 bits per heavy atom. The molecule has 19 heavy (non-hydrogen) atoms. The summed E-state index contributed by atoms with van der Waals surface area (Å²) in [5, 5.41) is 6.01. The number of halogens is 1. The molecule has 5 heteroatoms. The van der Waals surface area contributed by atoms with Crippen LogP contribution in [0.25, 0.3) is 6.20 Å². The Bertz CT molecular complexity index is 699. The van der Waals surface area contributed by atoms with E-state index in [4.69, 9.17) is 5.84 Å². The standard InChI is InChI=1S/C14H13FN4/c15-11-6-7-13-10(8-11)9-19(16)14(18-13)17-12-4-2-1-3-5-12/h1-9,14,17H,16H2. The quantitative estimate of drug-likeness (QED) is 0.780. The largest absolute Gasteiger partial charge is 0.346 e. The predicted octanol–water partition coefficient (Wildman–Crippen LogP) is 0.768. The molecule has 3 N–H and O–H groups in total. The fourth-order valence-electron chi connectivity index (χ4n) is 1.97. The van der Waals surface area contributed by atoms with E-state index in [1.54, 1.807) is 12.3 Å². The molecule has 0 aliphatic carbocycles. The first-order valence-corrected chi connectivity index (χ1v) is 5.92. The van der Waals surface area contributed by atoms with Gasteiger partial charge in [-0.3, -0.25) is 5.01 Å². The van der Waals surface area contributed by atoms with E-state index in [2.05, 4.69) is 10.3 Å². The first-order chi connectivity index (χ1) is 9.22. The molecule has 0 saturated carbocycles. The number of para-hydroxylation sites is 1. The summed E-state index contributed by atoms with van der Waals surface area (Å²) in [4.78, 5) is 4.45. The molecule has 0 radical (unpaired) electrons. The highest BCUT2D eigenvalue weighted by atomic mass is 19.1. The zero-order valence-corrected chi connectivity index (χ0v) is 10.1. The highest BCUT2D eigenvalue weighted by molar-refractivity contribution is 5.44. The number of hydrazine groups is 1. The van der Waals surface area contributed by atoms with E-state index in [0.29, 0.717) is 5.22 Å². The number of anilines is 1. The van der Waals surface area contributed by atoms with Gasteiger partial charge in [0.25, 0.3) is 0 Å². The van der Waals surface area contributed by atoms with Gasteiger partial charge >= 0.3 is 0 Å². The molecule has 1 aliphatic heterocycles. The summed E-state index contributed by atoms with van der Waals surface area (Å²) < 4.78 is 13.1. The molecule has 0 amide bonds. The summed E-state index contributed by atoms with van der Waals surface area (Å²) in [5.41, 5.74) is 0.922. The molecule has 4 nitrogen and oxygen atoms in total. The monoisotopic (exact) mass is 256 g/mol. The molecule has 0 spiro atoms. The van der Waals surface area contributed by atoms with Crippen molar-refractivity contribution in [3.63, 3.8) is 0 Å². The smallest absolute Gasteiger partial charge is 0.210 e. The van der Waals surface area contributed by atoms with Crippen molar-refractivity contribution in [2.45, 2.75) is 6.29 Å². The second-order valence-corrected chi connectivity index (χ2v) is 4.29. The maximum Gasteiger partial charge on any atom is 0.210 e. The van der Waals surface area contributed by atoms with E-state index >= 15 is 0 Å². The lowest BCUT2D eigenvalue weighted by molar-refractivity contribution is 0.340. The average molecular weight is 256 g/mol. The summed E-state index contributed by atoms with van der Waals surface area (Å²) in [7, 11) is 0. The number of hydrogen-bond acceptors (Lipinski definition) is 4. The van der Waals surface area contributed by atoms with Crippen LogP contribution in [0.4, 0.5) is 10.1 Å². The van der Waals surface area contributed by atoms with Crippen molar-refractivity contribution in [2.24, 2.45) is 10.8 Å². The number of benzene rings is 2. The number of fused-ring (bicyclic) bond motifs is 1. The molecule has 1 atom stereocenters. The predicted molar refractivity (Wildman–Crippen MR) is 71.5 cm³/mol. The summed E-state index contributed by atoms with van der Waals surface area (Å²) >= 11 is 0. The third-order valence-corrected chi connectivity index (χ3v) is 2.89. The van der Waals surface area contributed by atoms with Crippen LogP contribution in [0.3, 0.4) is 0 Å². The van der Waals surface area contributed by atoms with E-state index in [0.717, 1.165) is 11.0 Å². The minimum atomic E-state index is -0.402. The summed E-state index contributed by atoms with van der Waals surface area (Å²) in [6.07, 6.45) is 1.27. The first kappa shape index (κ1) is 11.7. The van der Waals surface area contributed by atoms with Gasteiger partial charge in [-0.25, -0.2) is 15.2 Å². The highest BCUT2D eigenvalue weighted by Crippen LogP contribution is 2.09. The van der Waals surface area contributed by atoms with Crippen molar-refractivity contribution in [1.82, 2.24) is 5.01 Å².